The van der Waals surface area contributed by atoms with Gasteiger partial charge in [0, 0.05) is 24.4 Å². The molecular formula is C12H17N5O4. The molecule has 0 bridgehead atoms. The number of nitro benzene ring substituents is 2. The molecule has 0 spiro atoms. The summed E-state index contributed by atoms with van der Waals surface area (Å²) in [6.45, 7) is 6.47. The molecule has 0 heterocycles. The van der Waals surface area contributed by atoms with Crippen LogP contribution in [0.25, 0.3) is 0 Å². The van der Waals surface area contributed by atoms with Crippen molar-refractivity contribution in [2.45, 2.75) is 26.3 Å². The summed E-state index contributed by atoms with van der Waals surface area (Å²) in [5, 5.41) is 28.5. The Morgan fingerprint density at radius 3 is 2.43 bits per heavy atom. The van der Waals surface area contributed by atoms with Crippen LogP contribution in [-0.2, 0) is 0 Å². The number of nitrogens with one attached hydrogen (secondary N) is 2. The van der Waals surface area contributed by atoms with E-state index < -0.39 is 15.5 Å². The van der Waals surface area contributed by atoms with Gasteiger partial charge in [0.2, 0.25) is 0 Å². The normalized spacial score (nSPS) is 11.6. The van der Waals surface area contributed by atoms with Crippen LogP contribution in [0.3, 0.4) is 0 Å². The molecule has 0 aromatic heterocycles. The Kier molecular flexibility index (Phi) is 5.30. The first-order valence-electron chi connectivity index (χ1n) is 6.16. The van der Waals surface area contributed by atoms with Crippen LogP contribution in [0.4, 0.5) is 17.1 Å². The molecule has 9 nitrogen and oxygen atoms in total. The summed E-state index contributed by atoms with van der Waals surface area (Å²) in [5.41, 5.74) is 1.80. The van der Waals surface area contributed by atoms with Crippen molar-refractivity contribution in [2.75, 3.05) is 12.0 Å². The van der Waals surface area contributed by atoms with Gasteiger partial charge in [-0.2, -0.15) is 5.10 Å². The van der Waals surface area contributed by atoms with Crippen molar-refractivity contribution in [1.29, 1.82) is 0 Å². The standard InChI is InChI=1S/C12H17N5O4/c1-12(2,3)13-6-7-14-15-10-5-4-9(16(18)19)8-11(10)17(20)21/h4-5,7-8,13,15H,6H2,1-3H3/b14-7+. The maximum Gasteiger partial charge on any atom is 0.301 e. The molecule has 0 radical (unpaired) electrons. The lowest BCUT2D eigenvalue weighted by Gasteiger charge is -2.18. The summed E-state index contributed by atoms with van der Waals surface area (Å²) in [7, 11) is 0. The molecule has 9 heteroatoms. The summed E-state index contributed by atoms with van der Waals surface area (Å²) in [6, 6.07) is 3.33. The molecule has 2 N–H and O–H groups in total. The second kappa shape index (κ2) is 6.75. The average molecular weight is 295 g/mol. The third-order valence-corrected chi connectivity index (χ3v) is 2.39. The Morgan fingerprint density at radius 2 is 1.90 bits per heavy atom. The van der Waals surface area contributed by atoms with E-state index in [1.54, 1.807) is 0 Å². The van der Waals surface area contributed by atoms with E-state index in [4.69, 9.17) is 0 Å². The Bertz CT molecular complexity index is 565. The fourth-order valence-corrected chi connectivity index (χ4v) is 1.39. The fraction of sp³-hybridized carbons (Fsp3) is 0.417. The molecule has 0 unspecified atom stereocenters. The highest BCUT2D eigenvalue weighted by Crippen LogP contribution is 2.28. The summed E-state index contributed by atoms with van der Waals surface area (Å²) in [4.78, 5) is 20.1. The number of hydrogen-bond acceptors (Lipinski definition) is 7. The molecule has 0 saturated carbocycles. The lowest BCUT2D eigenvalue weighted by molar-refractivity contribution is -0.393. The third kappa shape index (κ3) is 5.53. The minimum Gasteiger partial charge on any atom is -0.307 e. The second-order valence-electron chi connectivity index (χ2n) is 5.27. The maximum atomic E-state index is 10.9. The fourth-order valence-electron chi connectivity index (χ4n) is 1.39. The van der Waals surface area contributed by atoms with Crippen LogP contribution < -0.4 is 10.7 Å². The first kappa shape index (κ1) is 16.5. The van der Waals surface area contributed by atoms with Crippen molar-refractivity contribution in [3.63, 3.8) is 0 Å². The van der Waals surface area contributed by atoms with Crippen molar-refractivity contribution in [3.05, 3.63) is 38.4 Å². The minimum atomic E-state index is -0.696. The van der Waals surface area contributed by atoms with E-state index in [1.165, 1.54) is 18.3 Å². The molecule has 0 aliphatic heterocycles. The van der Waals surface area contributed by atoms with Gasteiger partial charge in [-0.1, -0.05) is 0 Å². The summed E-state index contributed by atoms with van der Waals surface area (Å²) >= 11 is 0. The molecule has 114 valence electrons. The molecule has 0 aliphatic carbocycles. The predicted molar refractivity (Wildman–Crippen MR) is 79.6 cm³/mol. The summed E-state index contributed by atoms with van der Waals surface area (Å²) < 4.78 is 0. The van der Waals surface area contributed by atoms with E-state index in [0.717, 1.165) is 6.07 Å². The number of nitro groups is 2. The van der Waals surface area contributed by atoms with Crippen molar-refractivity contribution in [1.82, 2.24) is 5.32 Å². The van der Waals surface area contributed by atoms with Gasteiger partial charge >= 0.3 is 5.69 Å². The molecule has 1 rings (SSSR count). The van der Waals surface area contributed by atoms with Crippen LogP contribution in [-0.4, -0.2) is 28.1 Å². The van der Waals surface area contributed by atoms with E-state index in [1.807, 2.05) is 20.8 Å². The van der Waals surface area contributed by atoms with Crippen molar-refractivity contribution >= 4 is 23.3 Å². The lowest BCUT2D eigenvalue weighted by Crippen LogP contribution is -2.36. The Labute approximate surface area is 121 Å². The van der Waals surface area contributed by atoms with Crippen LogP contribution in [0, 0.1) is 20.2 Å². The first-order valence-corrected chi connectivity index (χ1v) is 6.16. The number of hydrogen-bond donors (Lipinski definition) is 2. The number of nitrogens with zero attached hydrogens (tertiary/aromatic N) is 3. The number of hydrazone groups is 1. The Hall–Kier alpha value is -2.55. The molecule has 0 saturated heterocycles. The van der Waals surface area contributed by atoms with Gasteiger partial charge in [0.05, 0.1) is 15.9 Å². The smallest absolute Gasteiger partial charge is 0.301 e. The highest BCUT2D eigenvalue weighted by Gasteiger charge is 2.19. The summed E-state index contributed by atoms with van der Waals surface area (Å²) in [6.07, 6.45) is 1.52. The van der Waals surface area contributed by atoms with E-state index in [9.17, 15) is 20.2 Å². The van der Waals surface area contributed by atoms with Crippen LogP contribution in [0.2, 0.25) is 0 Å². The predicted octanol–water partition coefficient (Wildman–Crippen LogP) is 2.29. The monoisotopic (exact) mass is 295 g/mol. The van der Waals surface area contributed by atoms with E-state index in [-0.39, 0.29) is 16.9 Å². The Morgan fingerprint density at radius 1 is 1.24 bits per heavy atom. The van der Waals surface area contributed by atoms with Crippen LogP contribution in [0.5, 0.6) is 0 Å². The van der Waals surface area contributed by atoms with Crippen LogP contribution >= 0.6 is 0 Å². The highest BCUT2D eigenvalue weighted by atomic mass is 16.6. The zero-order valence-electron chi connectivity index (χ0n) is 12.0. The van der Waals surface area contributed by atoms with Gasteiger partial charge in [-0.25, -0.2) is 0 Å². The molecule has 0 atom stereocenters. The number of non-ortho nitro benzene ring substituents is 1. The zero-order chi connectivity index (χ0) is 16.0. The molecule has 0 aliphatic rings. The summed E-state index contributed by atoms with van der Waals surface area (Å²) in [5.74, 6) is 0. The quantitative estimate of drug-likeness (QED) is 0.471. The molecule has 0 fully saturated rings. The van der Waals surface area contributed by atoms with Gasteiger partial charge in [-0.3, -0.25) is 25.7 Å². The largest absolute Gasteiger partial charge is 0.307 e. The van der Waals surface area contributed by atoms with Gasteiger partial charge in [-0.15, -0.1) is 0 Å². The Balaban J connectivity index is 2.77. The van der Waals surface area contributed by atoms with Gasteiger partial charge in [0.25, 0.3) is 5.69 Å². The number of benzene rings is 1. The maximum absolute atomic E-state index is 10.9. The molecule has 1 aromatic rings. The first-order chi connectivity index (χ1) is 9.70. The SMILES string of the molecule is CC(C)(C)NC/C=N/Nc1ccc([N+](=O)[O-])cc1[N+](=O)[O-]. The van der Waals surface area contributed by atoms with Crippen molar-refractivity contribution in [3.8, 4) is 0 Å². The third-order valence-electron chi connectivity index (χ3n) is 2.39. The molecule has 21 heavy (non-hydrogen) atoms. The van der Waals surface area contributed by atoms with Gasteiger partial charge in [0.1, 0.15) is 5.69 Å². The van der Waals surface area contributed by atoms with E-state index >= 15 is 0 Å². The average Bonchev–Trinajstić information content (AvgIpc) is 2.36. The second-order valence-corrected chi connectivity index (χ2v) is 5.27. The van der Waals surface area contributed by atoms with Crippen LogP contribution in [0.15, 0.2) is 23.3 Å². The topological polar surface area (TPSA) is 123 Å². The molecule has 1 aromatic carbocycles. The van der Waals surface area contributed by atoms with Crippen molar-refractivity contribution < 1.29 is 9.85 Å². The molecular weight excluding hydrogens is 278 g/mol. The van der Waals surface area contributed by atoms with Gasteiger partial charge < -0.3 is 5.32 Å². The van der Waals surface area contributed by atoms with Crippen molar-refractivity contribution in [2.24, 2.45) is 5.10 Å². The zero-order valence-corrected chi connectivity index (χ0v) is 12.0. The molecule has 0 amide bonds. The number of anilines is 1. The lowest BCUT2D eigenvalue weighted by atomic mass is 10.1. The van der Waals surface area contributed by atoms with E-state index in [0.29, 0.717) is 6.54 Å². The van der Waals surface area contributed by atoms with Gasteiger partial charge in [-0.05, 0) is 26.8 Å². The van der Waals surface area contributed by atoms with E-state index in [2.05, 4.69) is 15.8 Å². The minimum absolute atomic E-state index is 0.0641. The van der Waals surface area contributed by atoms with Gasteiger partial charge in [0.15, 0.2) is 0 Å². The highest BCUT2D eigenvalue weighted by molar-refractivity contribution is 5.67. The number of rotatable bonds is 6. The van der Waals surface area contributed by atoms with Crippen LogP contribution in [0.1, 0.15) is 20.8 Å².